The molecule has 1 unspecified atom stereocenters. The van der Waals surface area contributed by atoms with Crippen molar-refractivity contribution in [3.05, 3.63) is 23.2 Å². The summed E-state index contributed by atoms with van der Waals surface area (Å²) < 4.78 is 5.26. The number of halogens is 1. The molecule has 9 heteroatoms. The highest BCUT2D eigenvalue weighted by Gasteiger charge is 2.28. The van der Waals surface area contributed by atoms with Crippen molar-refractivity contribution in [3.63, 3.8) is 0 Å². The zero-order chi connectivity index (χ0) is 20.7. The number of aldehydes is 1. The van der Waals surface area contributed by atoms with Gasteiger partial charge >= 0.3 is 6.03 Å². The minimum atomic E-state index is -1.07. The number of ether oxygens (including phenoxy) is 1. The van der Waals surface area contributed by atoms with E-state index in [4.69, 9.17) is 16.3 Å². The van der Waals surface area contributed by atoms with Gasteiger partial charge in [-0.2, -0.15) is 0 Å². The van der Waals surface area contributed by atoms with Gasteiger partial charge in [-0.15, -0.1) is 0 Å². The number of methoxy groups -OCH3 is 1. The van der Waals surface area contributed by atoms with Gasteiger partial charge in [0.05, 0.1) is 12.6 Å². The number of carbonyl (C=O) groups excluding carboxylic acids is 3. The van der Waals surface area contributed by atoms with Crippen LogP contribution in [0.1, 0.15) is 19.8 Å². The summed E-state index contributed by atoms with van der Waals surface area (Å²) >= 11 is 6.14. The number of amides is 3. The molecule has 1 atom stereocenters. The Kier molecular flexibility index (Phi) is 7.51. The number of urea groups is 1. The highest BCUT2D eigenvalue weighted by molar-refractivity contribution is 6.31. The molecule has 1 saturated heterocycles. The van der Waals surface area contributed by atoms with E-state index in [2.05, 4.69) is 15.5 Å². The van der Waals surface area contributed by atoms with Gasteiger partial charge in [-0.3, -0.25) is 4.79 Å². The molecule has 0 aromatic heterocycles. The molecule has 1 heterocycles. The smallest absolute Gasteiger partial charge is 0.315 e. The van der Waals surface area contributed by atoms with Gasteiger partial charge in [0.2, 0.25) is 5.91 Å². The number of nitrogens with zero attached hydrogens (tertiary/aromatic N) is 2. The fraction of sp³-hybridized carbons (Fsp3) is 0.526. The van der Waals surface area contributed by atoms with Gasteiger partial charge < -0.3 is 30.0 Å². The maximum absolute atomic E-state index is 12.5. The molecule has 1 aromatic rings. The third-order valence-corrected chi connectivity index (χ3v) is 5.05. The van der Waals surface area contributed by atoms with E-state index in [1.54, 1.807) is 25.0 Å². The summed E-state index contributed by atoms with van der Waals surface area (Å²) in [4.78, 5) is 39.3. The van der Waals surface area contributed by atoms with Gasteiger partial charge in [-0.05, 0) is 25.5 Å². The van der Waals surface area contributed by atoms with Crippen LogP contribution < -0.4 is 20.3 Å². The van der Waals surface area contributed by atoms with Crippen molar-refractivity contribution in [1.29, 1.82) is 0 Å². The molecule has 0 aliphatic carbocycles. The van der Waals surface area contributed by atoms with Crippen molar-refractivity contribution in [2.24, 2.45) is 0 Å². The fourth-order valence-corrected chi connectivity index (χ4v) is 3.28. The second-order valence-electron chi connectivity index (χ2n) is 6.96. The number of hydrogen-bond acceptors (Lipinski definition) is 5. The van der Waals surface area contributed by atoms with E-state index in [9.17, 15) is 14.4 Å². The fourth-order valence-electron chi connectivity index (χ4n) is 3.06. The van der Waals surface area contributed by atoms with Crippen molar-refractivity contribution in [2.75, 3.05) is 45.2 Å². The summed E-state index contributed by atoms with van der Waals surface area (Å²) in [6, 6.07) is 5.10. The normalized spacial score (nSPS) is 16.1. The number of anilines is 1. The van der Waals surface area contributed by atoms with Gasteiger partial charge in [0, 0.05) is 56.4 Å². The first kappa shape index (κ1) is 21.8. The Labute approximate surface area is 170 Å². The second kappa shape index (κ2) is 9.64. The highest BCUT2D eigenvalue weighted by atomic mass is 35.5. The Morgan fingerprint density at radius 3 is 2.50 bits per heavy atom. The van der Waals surface area contributed by atoms with Crippen LogP contribution in [-0.2, 0) is 9.59 Å². The molecule has 28 heavy (non-hydrogen) atoms. The largest absolute Gasteiger partial charge is 0.497 e. The molecule has 1 aromatic carbocycles. The van der Waals surface area contributed by atoms with Gasteiger partial charge in [-0.25, -0.2) is 4.79 Å². The maximum atomic E-state index is 12.5. The van der Waals surface area contributed by atoms with Crippen molar-refractivity contribution < 1.29 is 19.1 Å². The molecule has 8 nitrogen and oxygen atoms in total. The van der Waals surface area contributed by atoms with Gasteiger partial charge in [0.25, 0.3) is 0 Å². The summed E-state index contributed by atoms with van der Waals surface area (Å²) in [5, 5.41) is 5.59. The van der Waals surface area contributed by atoms with Crippen LogP contribution in [0.4, 0.5) is 10.5 Å². The molecule has 0 radical (unpaired) electrons. The van der Waals surface area contributed by atoms with Crippen LogP contribution in [0.3, 0.4) is 0 Å². The second-order valence-corrected chi connectivity index (χ2v) is 7.39. The molecular weight excluding hydrogens is 384 g/mol. The Morgan fingerprint density at radius 2 is 1.93 bits per heavy atom. The summed E-state index contributed by atoms with van der Waals surface area (Å²) in [5.74, 6) is 0.660. The Morgan fingerprint density at radius 1 is 1.25 bits per heavy atom. The van der Waals surface area contributed by atoms with Crippen molar-refractivity contribution >= 4 is 35.5 Å². The first-order valence-corrected chi connectivity index (χ1v) is 9.51. The predicted octanol–water partition coefficient (Wildman–Crippen LogP) is 1.66. The number of rotatable bonds is 7. The van der Waals surface area contributed by atoms with E-state index in [1.165, 1.54) is 7.05 Å². The lowest BCUT2D eigenvalue weighted by Crippen LogP contribution is -2.52. The number of piperazine rings is 1. The summed E-state index contributed by atoms with van der Waals surface area (Å²) in [6.07, 6.45) is 1.10. The molecule has 1 fully saturated rings. The molecule has 2 rings (SSSR count). The van der Waals surface area contributed by atoms with E-state index in [0.29, 0.717) is 43.2 Å². The lowest BCUT2D eigenvalue weighted by Gasteiger charge is -2.36. The first-order chi connectivity index (χ1) is 13.3. The number of carbonyl (C=O) groups is 3. The third kappa shape index (κ3) is 5.76. The number of nitrogens with one attached hydrogen (secondary N) is 2. The SMILES string of the molecule is CNC(=O)NC(C)(C=O)CCC(=O)N1CCN(c2cc(Cl)cc(OC)c2)CC1. The maximum Gasteiger partial charge on any atom is 0.315 e. The van der Waals surface area contributed by atoms with Crippen molar-refractivity contribution in [2.45, 2.75) is 25.3 Å². The summed E-state index contributed by atoms with van der Waals surface area (Å²) in [6.45, 7) is 4.11. The average molecular weight is 411 g/mol. The van der Waals surface area contributed by atoms with Gasteiger partial charge in [0.15, 0.2) is 0 Å². The molecule has 0 saturated carbocycles. The Bertz CT molecular complexity index is 722. The Balaban J connectivity index is 1.89. The Hall–Kier alpha value is -2.48. The quantitative estimate of drug-likeness (QED) is 0.667. The highest BCUT2D eigenvalue weighted by Crippen LogP contribution is 2.27. The molecule has 154 valence electrons. The molecule has 2 N–H and O–H groups in total. The topological polar surface area (TPSA) is 91.0 Å². The average Bonchev–Trinajstić information content (AvgIpc) is 2.71. The third-order valence-electron chi connectivity index (χ3n) is 4.83. The molecule has 0 bridgehead atoms. The van der Waals surface area contributed by atoms with Crippen LogP contribution in [0.15, 0.2) is 18.2 Å². The van der Waals surface area contributed by atoms with Crippen LogP contribution in [-0.4, -0.2) is 69.0 Å². The van der Waals surface area contributed by atoms with Gasteiger partial charge in [0.1, 0.15) is 12.0 Å². The van der Waals surface area contributed by atoms with E-state index >= 15 is 0 Å². The van der Waals surface area contributed by atoms with E-state index in [-0.39, 0.29) is 18.7 Å². The number of benzene rings is 1. The first-order valence-electron chi connectivity index (χ1n) is 9.14. The molecular formula is C19H27ClN4O4. The van der Waals surface area contributed by atoms with Crippen LogP contribution >= 0.6 is 11.6 Å². The molecule has 3 amide bonds. The lowest BCUT2D eigenvalue weighted by molar-refractivity contribution is -0.132. The number of hydrogen-bond donors (Lipinski definition) is 2. The van der Waals surface area contributed by atoms with E-state index < -0.39 is 11.6 Å². The zero-order valence-corrected chi connectivity index (χ0v) is 17.2. The molecule has 0 spiro atoms. The van der Waals surface area contributed by atoms with Crippen LogP contribution in [0.25, 0.3) is 0 Å². The monoisotopic (exact) mass is 410 g/mol. The standard InChI is InChI=1S/C19H27ClN4O4/c1-19(13-25,22-18(27)21-2)5-4-17(26)24-8-6-23(7-9-24)15-10-14(20)11-16(12-15)28-3/h10-13H,4-9H2,1-3H3,(H2,21,22,27). The van der Waals surface area contributed by atoms with Crippen LogP contribution in [0.2, 0.25) is 5.02 Å². The zero-order valence-electron chi connectivity index (χ0n) is 16.5. The van der Waals surface area contributed by atoms with E-state index in [1.807, 2.05) is 12.1 Å². The summed E-state index contributed by atoms with van der Waals surface area (Å²) in [5.41, 5.74) is -0.116. The van der Waals surface area contributed by atoms with Gasteiger partial charge in [-0.1, -0.05) is 11.6 Å². The molecule has 1 aliphatic rings. The minimum absolute atomic E-state index is 0.0323. The summed E-state index contributed by atoms with van der Waals surface area (Å²) in [7, 11) is 3.07. The van der Waals surface area contributed by atoms with Crippen LogP contribution in [0, 0.1) is 0 Å². The minimum Gasteiger partial charge on any atom is -0.497 e. The predicted molar refractivity (Wildman–Crippen MR) is 108 cm³/mol. The van der Waals surface area contributed by atoms with Crippen molar-refractivity contribution in [3.8, 4) is 5.75 Å². The lowest BCUT2D eigenvalue weighted by atomic mass is 9.97. The van der Waals surface area contributed by atoms with Crippen LogP contribution in [0.5, 0.6) is 5.75 Å². The van der Waals surface area contributed by atoms with Crippen molar-refractivity contribution in [1.82, 2.24) is 15.5 Å². The van der Waals surface area contributed by atoms with E-state index in [0.717, 1.165) is 5.69 Å². The molecule has 1 aliphatic heterocycles.